The van der Waals surface area contributed by atoms with E-state index in [1.165, 1.54) is 31.2 Å². The van der Waals surface area contributed by atoms with Gasteiger partial charge in [-0.1, -0.05) is 40.9 Å². The van der Waals surface area contributed by atoms with Crippen molar-refractivity contribution in [2.24, 2.45) is 5.41 Å². The summed E-state index contributed by atoms with van der Waals surface area (Å²) in [6.07, 6.45) is 7.55. The van der Waals surface area contributed by atoms with E-state index >= 15 is 0 Å². The molecule has 2 aliphatic rings. The van der Waals surface area contributed by atoms with Crippen LogP contribution in [0.15, 0.2) is 28.7 Å². The van der Waals surface area contributed by atoms with Crippen LogP contribution in [-0.4, -0.2) is 0 Å². The van der Waals surface area contributed by atoms with E-state index in [0.717, 1.165) is 17.3 Å². The molecule has 1 spiro atoms. The lowest BCUT2D eigenvalue weighted by atomic mass is 9.50. The zero-order valence-electron chi connectivity index (χ0n) is 9.88. The molecule has 2 fully saturated rings. The first kappa shape index (κ1) is 11.3. The Labute approximate surface area is 111 Å². The Bertz CT molecular complexity index is 472. The van der Waals surface area contributed by atoms with E-state index in [2.05, 4.69) is 34.1 Å². The molecule has 0 N–H and O–H groups in total. The molecule has 2 aliphatic carbocycles. The minimum Gasteiger partial charge on any atom is -0.197 e. The Hall–Kier alpha value is -0.810. The van der Waals surface area contributed by atoms with Crippen molar-refractivity contribution in [2.45, 2.75) is 43.9 Å². The first-order chi connectivity index (χ1) is 8.18. The average molecular weight is 290 g/mol. The Balaban J connectivity index is 1.89. The first-order valence-corrected chi connectivity index (χ1v) is 7.15. The summed E-state index contributed by atoms with van der Waals surface area (Å²) in [7, 11) is 0. The van der Waals surface area contributed by atoms with Gasteiger partial charge in [0.15, 0.2) is 0 Å². The minimum absolute atomic E-state index is 0.200. The lowest BCUT2D eigenvalue weighted by Gasteiger charge is -2.51. The Kier molecular flexibility index (Phi) is 2.56. The number of benzene rings is 1. The van der Waals surface area contributed by atoms with E-state index in [-0.39, 0.29) is 5.41 Å². The maximum atomic E-state index is 9.56. The zero-order valence-corrected chi connectivity index (χ0v) is 11.5. The molecule has 2 saturated carbocycles. The van der Waals surface area contributed by atoms with Crippen molar-refractivity contribution in [1.82, 2.24) is 0 Å². The zero-order chi connectivity index (χ0) is 11.9. The van der Waals surface area contributed by atoms with Gasteiger partial charge < -0.3 is 0 Å². The smallest absolute Gasteiger partial charge is 0.0833 e. The second-order valence-electron chi connectivity index (χ2n) is 5.76. The van der Waals surface area contributed by atoms with Crippen LogP contribution in [-0.2, 0) is 5.41 Å². The topological polar surface area (TPSA) is 23.8 Å². The summed E-state index contributed by atoms with van der Waals surface area (Å²) in [4.78, 5) is 0. The van der Waals surface area contributed by atoms with E-state index in [1.54, 1.807) is 0 Å². The summed E-state index contributed by atoms with van der Waals surface area (Å²) >= 11 is 3.50. The molecule has 0 radical (unpaired) electrons. The quantitative estimate of drug-likeness (QED) is 0.743. The molecule has 1 aromatic carbocycles. The SMILES string of the molecule is N#CC1(c2cccc(Br)c2)CC2(CCCC2)C1. The van der Waals surface area contributed by atoms with Crippen molar-refractivity contribution in [2.75, 3.05) is 0 Å². The second-order valence-corrected chi connectivity index (χ2v) is 6.68. The molecule has 1 nitrogen and oxygen atoms in total. The molecule has 3 rings (SSSR count). The molecular weight excluding hydrogens is 274 g/mol. The van der Waals surface area contributed by atoms with Crippen LogP contribution in [0.2, 0.25) is 0 Å². The monoisotopic (exact) mass is 289 g/mol. The molecule has 0 amide bonds. The Morgan fingerprint density at radius 2 is 1.88 bits per heavy atom. The molecule has 88 valence electrons. The average Bonchev–Trinajstić information content (AvgIpc) is 2.75. The summed E-state index contributed by atoms with van der Waals surface area (Å²) in [6.45, 7) is 0. The molecule has 0 saturated heterocycles. The Morgan fingerprint density at radius 1 is 1.18 bits per heavy atom. The molecule has 0 unspecified atom stereocenters. The van der Waals surface area contributed by atoms with Gasteiger partial charge >= 0.3 is 0 Å². The summed E-state index contributed by atoms with van der Waals surface area (Å²) in [5, 5.41) is 9.56. The fraction of sp³-hybridized carbons (Fsp3) is 0.533. The molecule has 17 heavy (non-hydrogen) atoms. The van der Waals surface area contributed by atoms with Gasteiger partial charge in [-0.15, -0.1) is 0 Å². The highest BCUT2D eigenvalue weighted by Crippen LogP contribution is 2.62. The van der Waals surface area contributed by atoms with Crippen LogP contribution < -0.4 is 0 Å². The molecule has 0 atom stereocenters. The van der Waals surface area contributed by atoms with Gasteiger partial charge in [0.25, 0.3) is 0 Å². The number of nitrogens with zero attached hydrogens (tertiary/aromatic N) is 1. The number of hydrogen-bond acceptors (Lipinski definition) is 1. The highest BCUT2D eigenvalue weighted by atomic mass is 79.9. The van der Waals surface area contributed by atoms with Crippen molar-refractivity contribution in [3.63, 3.8) is 0 Å². The van der Waals surface area contributed by atoms with Gasteiger partial charge in [0.2, 0.25) is 0 Å². The van der Waals surface area contributed by atoms with Gasteiger partial charge in [0.05, 0.1) is 11.5 Å². The van der Waals surface area contributed by atoms with Crippen LogP contribution in [0.5, 0.6) is 0 Å². The van der Waals surface area contributed by atoms with E-state index in [9.17, 15) is 5.26 Å². The summed E-state index contributed by atoms with van der Waals surface area (Å²) in [6, 6.07) is 10.9. The van der Waals surface area contributed by atoms with Crippen molar-refractivity contribution in [3.8, 4) is 6.07 Å². The summed E-state index contributed by atoms with van der Waals surface area (Å²) in [5.41, 5.74) is 1.51. The first-order valence-electron chi connectivity index (χ1n) is 6.36. The van der Waals surface area contributed by atoms with Crippen molar-refractivity contribution in [1.29, 1.82) is 5.26 Å². The van der Waals surface area contributed by atoms with E-state index < -0.39 is 0 Å². The van der Waals surface area contributed by atoms with Crippen LogP contribution >= 0.6 is 15.9 Å². The normalized spacial score (nSPS) is 24.2. The van der Waals surface area contributed by atoms with E-state index in [1.807, 2.05) is 12.1 Å². The largest absolute Gasteiger partial charge is 0.197 e. The third kappa shape index (κ3) is 1.72. The maximum absolute atomic E-state index is 9.56. The van der Waals surface area contributed by atoms with Gasteiger partial charge in [0.1, 0.15) is 0 Å². The summed E-state index contributed by atoms with van der Waals surface area (Å²) < 4.78 is 1.08. The van der Waals surface area contributed by atoms with Gasteiger partial charge in [-0.3, -0.25) is 0 Å². The van der Waals surface area contributed by atoms with Gasteiger partial charge in [-0.2, -0.15) is 5.26 Å². The lowest BCUT2D eigenvalue weighted by molar-refractivity contribution is 0.0648. The van der Waals surface area contributed by atoms with Gasteiger partial charge in [0, 0.05) is 4.47 Å². The molecule has 1 aromatic rings. The standard InChI is InChI=1S/C15H16BrN/c16-13-5-3-4-12(8-13)15(11-17)9-14(10-15)6-1-2-7-14/h3-5,8H,1-2,6-7,9-10H2. The fourth-order valence-electron chi connectivity index (χ4n) is 3.84. The van der Waals surface area contributed by atoms with E-state index in [4.69, 9.17) is 0 Å². The molecule has 0 aliphatic heterocycles. The molecule has 2 heteroatoms. The fourth-order valence-corrected chi connectivity index (χ4v) is 4.24. The Morgan fingerprint density at radius 3 is 2.47 bits per heavy atom. The molecule has 0 heterocycles. The number of nitriles is 1. The predicted octanol–water partition coefficient (Wildman–Crippen LogP) is 4.56. The molecular formula is C15H16BrN. The second kappa shape index (κ2) is 3.85. The minimum atomic E-state index is -0.200. The highest BCUT2D eigenvalue weighted by molar-refractivity contribution is 9.10. The van der Waals surface area contributed by atoms with Crippen molar-refractivity contribution in [3.05, 3.63) is 34.3 Å². The maximum Gasteiger partial charge on any atom is 0.0833 e. The highest BCUT2D eigenvalue weighted by Gasteiger charge is 2.56. The van der Waals surface area contributed by atoms with E-state index in [0.29, 0.717) is 5.41 Å². The van der Waals surface area contributed by atoms with Crippen LogP contribution in [0.3, 0.4) is 0 Å². The van der Waals surface area contributed by atoms with Crippen molar-refractivity contribution >= 4 is 15.9 Å². The van der Waals surface area contributed by atoms with Crippen LogP contribution in [0.1, 0.15) is 44.1 Å². The predicted molar refractivity (Wildman–Crippen MR) is 71.6 cm³/mol. The third-order valence-corrected chi connectivity index (χ3v) is 5.10. The summed E-state index contributed by atoms with van der Waals surface area (Å²) in [5.74, 6) is 0. The number of hydrogen-bond donors (Lipinski definition) is 0. The van der Waals surface area contributed by atoms with Gasteiger partial charge in [-0.25, -0.2) is 0 Å². The van der Waals surface area contributed by atoms with Crippen LogP contribution in [0.4, 0.5) is 0 Å². The molecule has 0 aromatic heterocycles. The van der Waals surface area contributed by atoms with Crippen LogP contribution in [0.25, 0.3) is 0 Å². The van der Waals surface area contributed by atoms with Crippen molar-refractivity contribution < 1.29 is 0 Å². The molecule has 0 bridgehead atoms. The lowest BCUT2D eigenvalue weighted by Crippen LogP contribution is -2.47. The van der Waals surface area contributed by atoms with Gasteiger partial charge in [-0.05, 0) is 48.8 Å². The third-order valence-electron chi connectivity index (χ3n) is 4.61. The number of halogens is 1. The van der Waals surface area contributed by atoms with Crippen LogP contribution in [0, 0.1) is 16.7 Å². The number of rotatable bonds is 1.